The van der Waals surface area contributed by atoms with Gasteiger partial charge in [-0.2, -0.15) is 0 Å². The molecule has 6 nitrogen and oxygen atoms in total. The molecular weight excluding hydrogens is 376 g/mol. The normalized spacial score (nSPS) is 11.8. The van der Waals surface area contributed by atoms with Crippen molar-refractivity contribution in [2.45, 2.75) is 19.9 Å². The second-order valence-corrected chi connectivity index (χ2v) is 7.28. The Bertz CT molecular complexity index is 919. The molecule has 0 unspecified atom stereocenters. The van der Waals surface area contributed by atoms with Crippen LogP contribution in [-0.4, -0.2) is 25.0 Å². The van der Waals surface area contributed by atoms with Crippen LogP contribution >= 0.6 is 11.3 Å². The molecule has 0 bridgehead atoms. The molecule has 2 heterocycles. The Morgan fingerprint density at radius 2 is 2.00 bits per heavy atom. The van der Waals surface area contributed by atoms with Crippen LogP contribution in [0.15, 0.2) is 59.2 Å². The van der Waals surface area contributed by atoms with Gasteiger partial charge in [0.25, 0.3) is 5.91 Å². The molecule has 1 aromatic carbocycles. The van der Waals surface area contributed by atoms with Crippen LogP contribution in [0.2, 0.25) is 0 Å². The standard InChI is InChI=1S/C21H22N2O4S/c1-3-26-21(25)16-12-18(15-8-5-4-6-9-15)28-20(16)23-19(24)13-22-14(2)17-10-7-11-27-17/h4-12,14,22H,3,13H2,1-2H3,(H,23,24)/p+1/t14-/m0/s1. The summed E-state index contributed by atoms with van der Waals surface area (Å²) in [4.78, 5) is 25.7. The molecule has 3 N–H and O–H groups in total. The summed E-state index contributed by atoms with van der Waals surface area (Å²) in [5.74, 6) is 0.178. The quantitative estimate of drug-likeness (QED) is 0.568. The number of furan rings is 1. The lowest BCUT2D eigenvalue weighted by atomic mass is 10.1. The number of benzene rings is 1. The molecule has 0 aliphatic heterocycles. The first-order valence-corrected chi connectivity index (χ1v) is 9.93. The Morgan fingerprint density at radius 3 is 2.68 bits per heavy atom. The summed E-state index contributed by atoms with van der Waals surface area (Å²) < 4.78 is 10.5. The highest BCUT2D eigenvalue weighted by molar-refractivity contribution is 7.20. The van der Waals surface area contributed by atoms with E-state index in [1.54, 1.807) is 19.3 Å². The minimum absolute atomic E-state index is 0.0218. The van der Waals surface area contributed by atoms with Crippen LogP contribution in [0.1, 0.15) is 36.0 Å². The fourth-order valence-corrected chi connectivity index (χ4v) is 3.78. The van der Waals surface area contributed by atoms with E-state index in [-0.39, 0.29) is 25.1 Å². The molecule has 0 aliphatic carbocycles. The zero-order valence-corrected chi connectivity index (χ0v) is 16.6. The topological polar surface area (TPSA) is 85.1 Å². The first-order chi connectivity index (χ1) is 13.6. The molecule has 0 aliphatic rings. The number of carbonyl (C=O) groups excluding carboxylic acids is 2. The average Bonchev–Trinajstić information content (AvgIpc) is 3.37. The number of esters is 1. The fraction of sp³-hybridized carbons (Fsp3) is 0.238. The van der Waals surface area contributed by atoms with Crippen molar-refractivity contribution in [2.75, 3.05) is 18.5 Å². The van der Waals surface area contributed by atoms with E-state index < -0.39 is 5.97 Å². The number of thiophene rings is 1. The molecule has 0 saturated carbocycles. The fourth-order valence-electron chi connectivity index (χ4n) is 2.72. The van der Waals surface area contributed by atoms with Crippen LogP contribution in [0.25, 0.3) is 10.4 Å². The number of rotatable bonds is 8. The molecule has 7 heteroatoms. The van der Waals surface area contributed by atoms with E-state index in [1.165, 1.54) is 11.3 Å². The summed E-state index contributed by atoms with van der Waals surface area (Å²) in [6.45, 7) is 4.21. The molecule has 3 aromatic rings. The summed E-state index contributed by atoms with van der Waals surface area (Å²) in [7, 11) is 0. The van der Waals surface area contributed by atoms with Crippen molar-refractivity contribution in [3.8, 4) is 10.4 Å². The van der Waals surface area contributed by atoms with Crippen molar-refractivity contribution >= 4 is 28.2 Å². The van der Waals surface area contributed by atoms with Crippen molar-refractivity contribution in [3.63, 3.8) is 0 Å². The Balaban J connectivity index is 1.73. The van der Waals surface area contributed by atoms with Crippen LogP contribution in [0.4, 0.5) is 5.00 Å². The van der Waals surface area contributed by atoms with Gasteiger partial charge in [0.05, 0.1) is 18.4 Å². The Morgan fingerprint density at radius 1 is 1.21 bits per heavy atom. The van der Waals surface area contributed by atoms with Crippen molar-refractivity contribution in [2.24, 2.45) is 0 Å². The number of ether oxygens (including phenoxy) is 1. The monoisotopic (exact) mass is 399 g/mol. The first kappa shape index (κ1) is 19.9. The van der Waals surface area contributed by atoms with Crippen molar-refractivity contribution in [3.05, 3.63) is 66.1 Å². The van der Waals surface area contributed by atoms with Gasteiger partial charge < -0.3 is 19.8 Å². The van der Waals surface area contributed by atoms with Gasteiger partial charge in [-0.25, -0.2) is 4.79 Å². The molecule has 28 heavy (non-hydrogen) atoms. The SMILES string of the molecule is CCOC(=O)c1cc(-c2ccccc2)sc1NC(=O)C[NH2+][C@@H](C)c1ccco1. The van der Waals surface area contributed by atoms with E-state index in [0.29, 0.717) is 10.6 Å². The van der Waals surface area contributed by atoms with Crippen LogP contribution < -0.4 is 10.6 Å². The second-order valence-electron chi connectivity index (χ2n) is 6.23. The summed E-state index contributed by atoms with van der Waals surface area (Å²) in [5, 5.41) is 5.24. The van der Waals surface area contributed by atoms with Crippen molar-refractivity contribution < 1.29 is 24.1 Å². The highest BCUT2D eigenvalue weighted by Gasteiger charge is 2.21. The highest BCUT2D eigenvalue weighted by atomic mass is 32.1. The van der Waals surface area contributed by atoms with E-state index in [1.807, 2.05) is 54.7 Å². The number of hydrogen-bond donors (Lipinski definition) is 2. The van der Waals surface area contributed by atoms with E-state index >= 15 is 0 Å². The minimum atomic E-state index is -0.441. The third kappa shape index (κ3) is 4.88. The number of nitrogens with two attached hydrogens (primary N) is 1. The highest BCUT2D eigenvalue weighted by Crippen LogP contribution is 2.35. The van der Waals surface area contributed by atoms with Gasteiger partial charge in [0.2, 0.25) is 0 Å². The van der Waals surface area contributed by atoms with E-state index in [4.69, 9.17) is 9.15 Å². The Labute approximate surface area is 167 Å². The van der Waals surface area contributed by atoms with Gasteiger partial charge in [-0.1, -0.05) is 30.3 Å². The van der Waals surface area contributed by atoms with Crippen LogP contribution in [0.3, 0.4) is 0 Å². The lowest BCUT2D eigenvalue weighted by Gasteiger charge is -2.09. The molecule has 0 spiro atoms. The largest absolute Gasteiger partial charge is 0.463 e. The number of carbonyl (C=O) groups is 2. The van der Waals surface area contributed by atoms with Crippen LogP contribution in [0, 0.1) is 0 Å². The molecule has 146 valence electrons. The smallest absolute Gasteiger partial charge is 0.341 e. The van der Waals surface area contributed by atoms with Crippen LogP contribution in [-0.2, 0) is 9.53 Å². The van der Waals surface area contributed by atoms with Crippen molar-refractivity contribution in [1.82, 2.24) is 0 Å². The third-order valence-corrected chi connectivity index (χ3v) is 5.29. The Kier molecular flexibility index (Phi) is 6.62. The molecule has 0 saturated heterocycles. The van der Waals surface area contributed by atoms with Crippen molar-refractivity contribution in [1.29, 1.82) is 0 Å². The first-order valence-electron chi connectivity index (χ1n) is 9.11. The van der Waals surface area contributed by atoms with Gasteiger partial charge >= 0.3 is 5.97 Å². The summed E-state index contributed by atoms with van der Waals surface area (Å²) >= 11 is 1.36. The Hall–Kier alpha value is -2.90. The maximum atomic E-state index is 12.4. The lowest BCUT2D eigenvalue weighted by Crippen LogP contribution is -2.86. The number of anilines is 1. The van der Waals surface area contributed by atoms with Gasteiger partial charge in [0, 0.05) is 4.88 Å². The maximum absolute atomic E-state index is 12.4. The van der Waals surface area contributed by atoms with E-state index in [9.17, 15) is 9.59 Å². The average molecular weight is 399 g/mol. The van der Waals surface area contributed by atoms with Gasteiger partial charge in [0.15, 0.2) is 12.3 Å². The predicted molar refractivity (Wildman–Crippen MR) is 108 cm³/mol. The van der Waals surface area contributed by atoms with Gasteiger partial charge in [-0.05, 0) is 37.6 Å². The zero-order chi connectivity index (χ0) is 19.9. The molecular formula is C21H23N2O4S+. The molecule has 1 atom stereocenters. The summed E-state index contributed by atoms with van der Waals surface area (Å²) in [6.07, 6.45) is 1.61. The summed E-state index contributed by atoms with van der Waals surface area (Å²) in [5.41, 5.74) is 1.36. The molecule has 1 amide bonds. The number of amides is 1. The third-order valence-electron chi connectivity index (χ3n) is 4.19. The number of quaternary nitrogens is 1. The molecule has 0 fully saturated rings. The van der Waals surface area contributed by atoms with E-state index in [2.05, 4.69) is 5.32 Å². The second kappa shape index (κ2) is 9.34. The predicted octanol–water partition coefficient (Wildman–Crippen LogP) is 3.45. The minimum Gasteiger partial charge on any atom is -0.463 e. The molecule has 0 radical (unpaired) electrons. The van der Waals surface area contributed by atoms with E-state index in [0.717, 1.165) is 16.2 Å². The van der Waals surface area contributed by atoms with Gasteiger partial charge in [0.1, 0.15) is 11.0 Å². The number of hydrogen-bond acceptors (Lipinski definition) is 5. The molecule has 2 aromatic heterocycles. The lowest BCUT2D eigenvalue weighted by molar-refractivity contribution is -0.684. The van der Waals surface area contributed by atoms with Gasteiger partial charge in [-0.3, -0.25) is 4.79 Å². The number of nitrogens with one attached hydrogen (secondary N) is 1. The maximum Gasteiger partial charge on any atom is 0.341 e. The molecule has 3 rings (SSSR count). The van der Waals surface area contributed by atoms with Gasteiger partial charge in [-0.15, -0.1) is 11.3 Å². The zero-order valence-electron chi connectivity index (χ0n) is 15.8. The van der Waals surface area contributed by atoms with Crippen LogP contribution in [0.5, 0.6) is 0 Å². The summed E-state index contributed by atoms with van der Waals surface area (Å²) in [6, 6.07) is 15.2.